The third kappa shape index (κ3) is 13.0. The Bertz CT molecular complexity index is 2210. The molecule has 0 heterocycles. The van der Waals surface area contributed by atoms with Crippen LogP contribution in [-0.4, -0.2) is 55.4 Å². The van der Waals surface area contributed by atoms with E-state index in [1.54, 1.807) is 30.3 Å². The van der Waals surface area contributed by atoms with Crippen molar-refractivity contribution in [1.82, 2.24) is 0 Å². The van der Waals surface area contributed by atoms with Crippen LogP contribution in [-0.2, 0) is 19.1 Å². The van der Waals surface area contributed by atoms with E-state index in [1.165, 1.54) is 18.2 Å². The van der Waals surface area contributed by atoms with Gasteiger partial charge >= 0.3 is 23.9 Å². The lowest BCUT2D eigenvalue weighted by Crippen LogP contribution is -2.10. The average Bonchev–Trinajstić information content (AvgIpc) is 3.22. The first-order chi connectivity index (χ1) is 27.7. The fourth-order valence-corrected chi connectivity index (χ4v) is 5.81. The third-order valence-corrected chi connectivity index (χ3v) is 8.88. The van der Waals surface area contributed by atoms with E-state index in [1.807, 2.05) is 42.5 Å². The minimum Gasteiger partial charge on any atom is -0.504 e. The second-order valence-electron chi connectivity index (χ2n) is 13.1. The molecule has 5 aromatic rings. The number of carbonyl (C=O) groups is 4. The van der Waals surface area contributed by atoms with E-state index in [-0.39, 0.29) is 22.8 Å². The number of hydrogen-bond acceptors (Lipinski definition) is 11. The van der Waals surface area contributed by atoms with Crippen LogP contribution in [0.5, 0.6) is 28.7 Å². The molecule has 296 valence electrons. The zero-order valence-electron chi connectivity index (χ0n) is 31.7. The van der Waals surface area contributed by atoms with Gasteiger partial charge in [-0.05, 0) is 134 Å². The maximum absolute atomic E-state index is 13.0. The average molecular weight is 775 g/mol. The van der Waals surface area contributed by atoms with Gasteiger partial charge in [0.2, 0.25) is 0 Å². The van der Waals surface area contributed by atoms with Crippen molar-refractivity contribution < 1.29 is 52.7 Å². The maximum Gasteiger partial charge on any atom is 0.343 e. The van der Waals surface area contributed by atoms with Crippen LogP contribution in [0.1, 0.15) is 72.1 Å². The van der Waals surface area contributed by atoms with Gasteiger partial charge < -0.3 is 33.5 Å². The van der Waals surface area contributed by atoms with Gasteiger partial charge in [0, 0.05) is 18.2 Å². The SMILES string of the molecule is C=CC(=O)OCCCCCCOc1ccc2cc(C(=O)Oc3ccc(OC(=O)c4ccc5cc(OCCCCCCOC(=O)C=C)ccc5c4)c(O)c3)ccc2c1. The van der Waals surface area contributed by atoms with E-state index in [0.717, 1.165) is 90.8 Å². The van der Waals surface area contributed by atoms with Crippen LogP contribution >= 0.6 is 0 Å². The van der Waals surface area contributed by atoms with Gasteiger partial charge in [-0.3, -0.25) is 0 Å². The first kappa shape index (κ1) is 41.5. The predicted molar refractivity (Wildman–Crippen MR) is 216 cm³/mol. The Balaban J connectivity index is 1.06. The number of rotatable bonds is 22. The van der Waals surface area contributed by atoms with E-state index >= 15 is 0 Å². The van der Waals surface area contributed by atoms with E-state index < -0.39 is 23.9 Å². The summed E-state index contributed by atoms with van der Waals surface area (Å²) in [5.41, 5.74) is 0.606. The summed E-state index contributed by atoms with van der Waals surface area (Å²) >= 11 is 0. The minimum absolute atomic E-state index is 0.0780. The van der Waals surface area contributed by atoms with Gasteiger partial charge in [-0.1, -0.05) is 37.4 Å². The van der Waals surface area contributed by atoms with Crippen LogP contribution in [0.15, 0.2) is 116 Å². The van der Waals surface area contributed by atoms with Gasteiger partial charge in [-0.25, -0.2) is 19.2 Å². The fourth-order valence-electron chi connectivity index (χ4n) is 5.81. The van der Waals surface area contributed by atoms with Gasteiger partial charge in [0.1, 0.15) is 17.2 Å². The predicted octanol–water partition coefficient (Wildman–Crippen LogP) is 9.47. The van der Waals surface area contributed by atoms with Gasteiger partial charge in [-0.2, -0.15) is 0 Å². The number of phenolic OH excluding ortho intramolecular Hbond substituents is 1. The summed E-state index contributed by atoms with van der Waals surface area (Å²) in [6.07, 6.45) is 9.37. The normalized spacial score (nSPS) is 10.7. The first-order valence-electron chi connectivity index (χ1n) is 18.9. The van der Waals surface area contributed by atoms with Crippen LogP contribution in [0.3, 0.4) is 0 Å². The van der Waals surface area contributed by atoms with E-state index in [4.69, 9.17) is 28.4 Å². The fraction of sp³-hybridized carbons (Fsp3) is 0.261. The number of phenols is 1. The number of carbonyl (C=O) groups excluding carboxylic acids is 4. The molecule has 0 radical (unpaired) electrons. The van der Waals surface area contributed by atoms with Crippen LogP contribution in [0, 0.1) is 0 Å². The lowest BCUT2D eigenvalue weighted by molar-refractivity contribution is -0.138. The van der Waals surface area contributed by atoms with Crippen molar-refractivity contribution in [3.8, 4) is 28.7 Å². The third-order valence-electron chi connectivity index (χ3n) is 8.88. The van der Waals surface area contributed by atoms with Crippen molar-refractivity contribution in [3.63, 3.8) is 0 Å². The topological polar surface area (TPSA) is 144 Å². The number of benzene rings is 5. The molecular formula is C46H46O11. The molecule has 0 aliphatic rings. The number of unbranched alkanes of at least 4 members (excludes halogenated alkanes) is 6. The Hall–Kier alpha value is -6.62. The van der Waals surface area contributed by atoms with Crippen molar-refractivity contribution in [3.05, 3.63) is 127 Å². The molecule has 0 saturated heterocycles. The van der Waals surface area contributed by atoms with Gasteiger partial charge in [0.15, 0.2) is 11.5 Å². The summed E-state index contributed by atoms with van der Waals surface area (Å²) in [5, 5.41) is 14.0. The van der Waals surface area contributed by atoms with Crippen molar-refractivity contribution in [2.45, 2.75) is 51.4 Å². The smallest absolute Gasteiger partial charge is 0.343 e. The molecule has 0 atom stereocenters. The second kappa shape index (κ2) is 21.5. The maximum atomic E-state index is 13.0. The van der Waals surface area contributed by atoms with Crippen molar-refractivity contribution in [1.29, 1.82) is 0 Å². The van der Waals surface area contributed by atoms with Crippen LogP contribution in [0.25, 0.3) is 21.5 Å². The summed E-state index contributed by atoms with van der Waals surface area (Å²) in [6, 6.07) is 25.5. The van der Waals surface area contributed by atoms with Gasteiger partial charge in [-0.15, -0.1) is 0 Å². The number of esters is 4. The molecule has 0 amide bonds. The molecule has 5 aromatic carbocycles. The zero-order valence-corrected chi connectivity index (χ0v) is 31.7. The van der Waals surface area contributed by atoms with Gasteiger partial charge in [0.05, 0.1) is 37.6 Å². The number of fused-ring (bicyclic) bond motifs is 2. The zero-order chi connectivity index (χ0) is 40.4. The highest BCUT2D eigenvalue weighted by Gasteiger charge is 2.16. The molecule has 0 aliphatic heterocycles. The molecule has 0 spiro atoms. The molecule has 0 unspecified atom stereocenters. The number of aromatic hydroxyl groups is 1. The molecule has 5 rings (SSSR count). The molecule has 0 aromatic heterocycles. The van der Waals surface area contributed by atoms with Crippen molar-refractivity contribution in [2.24, 2.45) is 0 Å². The van der Waals surface area contributed by atoms with Crippen LogP contribution < -0.4 is 18.9 Å². The monoisotopic (exact) mass is 774 g/mol. The van der Waals surface area contributed by atoms with Gasteiger partial charge in [0.25, 0.3) is 0 Å². The highest BCUT2D eigenvalue weighted by atomic mass is 16.6. The Labute approximate surface area is 331 Å². The highest BCUT2D eigenvalue weighted by molar-refractivity contribution is 5.98. The summed E-state index contributed by atoms with van der Waals surface area (Å²) in [4.78, 5) is 48.2. The quantitative estimate of drug-likeness (QED) is 0.0311. The molecule has 0 saturated carbocycles. The van der Waals surface area contributed by atoms with Crippen LogP contribution in [0.4, 0.5) is 0 Å². The van der Waals surface area contributed by atoms with Crippen molar-refractivity contribution in [2.75, 3.05) is 26.4 Å². The standard InChI is InChI=1S/C46H46O11/c1-3-43(48)54-25-11-7-5-9-23-52-38-19-17-32-27-36(15-13-34(32)29-38)45(50)56-40-21-22-42(41(47)31-40)57-46(51)37-16-14-35-30-39(20-18-33(35)28-37)53-24-10-6-8-12-26-55-44(49)4-2/h3-4,13-22,27-31,47H,1-2,5-12,23-26H2. The Kier molecular flexibility index (Phi) is 15.6. The summed E-state index contributed by atoms with van der Waals surface area (Å²) in [7, 11) is 0. The second-order valence-corrected chi connectivity index (χ2v) is 13.1. The molecule has 0 aliphatic carbocycles. The molecule has 11 nitrogen and oxygen atoms in total. The Morgan fingerprint density at radius 3 is 1.37 bits per heavy atom. The summed E-state index contributed by atoms with van der Waals surface area (Å²) in [6.45, 7) is 8.62. The summed E-state index contributed by atoms with van der Waals surface area (Å²) in [5.74, 6) is -1.04. The Morgan fingerprint density at radius 2 is 0.895 bits per heavy atom. The van der Waals surface area contributed by atoms with Crippen molar-refractivity contribution >= 4 is 45.4 Å². The molecule has 11 heteroatoms. The van der Waals surface area contributed by atoms with E-state index in [9.17, 15) is 24.3 Å². The van der Waals surface area contributed by atoms with E-state index in [2.05, 4.69) is 13.2 Å². The lowest BCUT2D eigenvalue weighted by atomic mass is 10.1. The molecule has 0 fully saturated rings. The highest BCUT2D eigenvalue weighted by Crippen LogP contribution is 2.32. The minimum atomic E-state index is -0.665. The molecular weight excluding hydrogens is 728 g/mol. The number of hydrogen-bond donors (Lipinski definition) is 1. The molecule has 57 heavy (non-hydrogen) atoms. The Morgan fingerprint density at radius 1 is 0.474 bits per heavy atom. The number of ether oxygens (including phenoxy) is 6. The molecule has 0 bridgehead atoms. The van der Waals surface area contributed by atoms with E-state index in [0.29, 0.717) is 37.7 Å². The molecule has 1 N–H and O–H groups in total. The largest absolute Gasteiger partial charge is 0.504 e. The lowest BCUT2D eigenvalue weighted by Gasteiger charge is -2.11. The van der Waals surface area contributed by atoms with Crippen LogP contribution in [0.2, 0.25) is 0 Å². The summed E-state index contributed by atoms with van der Waals surface area (Å²) < 4.78 is 32.7. The first-order valence-corrected chi connectivity index (χ1v) is 18.9.